The van der Waals surface area contributed by atoms with Gasteiger partial charge in [0.15, 0.2) is 0 Å². The average molecular weight is 354 g/mol. The van der Waals surface area contributed by atoms with Gasteiger partial charge in [0.25, 0.3) is 0 Å². The maximum Gasteiger partial charge on any atom is 0.231 e. The zero-order valence-electron chi connectivity index (χ0n) is 12.0. The average Bonchev–Trinajstić information content (AvgIpc) is 2.61. The van der Waals surface area contributed by atoms with E-state index in [9.17, 15) is 13.6 Å². The van der Waals surface area contributed by atoms with E-state index < -0.39 is 17.6 Å². The lowest BCUT2D eigenvalue weighted by Crippen LogP contribution is -2.17. The number of halogens is 4. The molecule has 1 amide bonds. The van der Waals surface area contributed by atoms with E-state index in [-0.39, 0.29) is 27.1 Å². The Kier molecular flexibility index (Phi) is 4.13. The molecule has 0 aliphatic carbocycles. The summed E-state index contributed by atoms with van der Waals surface area (Å²) in [5.41, 5.74) is 0.638. The molecular formula is C17H11Cl2F2NO. The second-order valence-corrected chi connectivity index (χ2v) is 6.02. The van der Waals surface area contributed by atoms with Gasteiger partial charge in [-0.15, -0.1) is 0 Å². The van der Waals surface area contributed by atoms with Gasteiger partial charge in [-0.2, -0.15) is 0 Å². The summed E-state index contributed by atoms with van der Waals surface area (Å²) in [6.07, 6.45) is 1.49. The van der Waals surface area contributed by atoms with Gasteiger partial charge < -0.3 is 5.32 Å². The van der Waals surface area contributed by atoms with Gasteiger partial charge in [-0.25, -0.2) is 8.78 Å². The molecule has 1 aliphatic heterocycles. The van der Waals surface area contributed by atoms with Gasteiger partial charge in [0, 0.05) is 5.56 Å². The molecular weight excluding hydrogens is 343 g/mol. The lowest BCUT2D eigenvalue weighted by Gasteiger charge is -2.15. The van der Waals surface area contributed by atoms with Gasteiger partial charge in [0.05, 0.1) is 27.2 Å². The Morgan fingerprint density at radius 1 is 1.04 bits per heavy atom. The number of carbonyl (C=O) groups is 1. The van der Waals surface area contributed by atoms with Crippen LogP contribution in [0.1, 0.15) is 18.1 Å². The van der Waals surface area contributed by atoms with Gasteiger partial charge in [-0.05, 0) is 29.8 Å². The van der Waals surface area contributed by atoms with Crippen LogP contribution in [-0.2, 0) is 4.79 Å². The van der Waals surface area contributed by atoms with Crippen molar-refractivity contribution in [1.82, 2.24) is 0 Å². The number of carbonyl (C=O) groups excluding carboxylic acids is 1. The third-order valence-electron chi connectivity index (χ3n) is 3.68. The Labute approximate surface area is 141 Å². The van der Waals surface area contributed by atoms with Crippen molar-refractivity contribution < 1.29 is 13.6 Å². The molecule has 0 saturated heterocycles. The van der Waals surface area contributed by atoms with Crippen LogP contribution in [0.15, 0.2) is 36.4 Å². The molecule has 1 unspecified atom stereocenters. The van der Waals surface area contributed by atoms with E-state index in [1.54, 1.807) is 13.0 Å². The number of rotatable bonds is 1. The molecule has 1 atom stereocenters. The highest BCUT2D eigenvalue weighted by Gasteiger charge is 2.27. The molecule has 2 aromatic carbocycles. The molecule has 6 heteroatoms. The molecule has 0 aromatic heterocycles. The van der Waals surface area contributed by atoms with Crippen molar-refractivity contribution in [2.45, 2.75) is 6.92 Å². The second-order valence-electron chi connectivity index (χ2n) is 5.24. The van der Waals surface area contributed by atoms with Gasteiger partial charge in [0.1, 0.15) is 11.6 Å². The fraction of sp³-hybridized carbons (Fsp3) is 0.118. The fourth-order valence-corrected chi connectivity index (χ4v) is 2.96. The molecule has 0 radical (unpaired) electrons. The van der Waals surface area contributed by atoms with Crippen LogP contribution < -0.4 is 5.32 Å². The number of hydrogen-bond donors (Lipinski definition) is 1. The predicted molar refractivity (Wildman–Crippen MR) is 87.7 cm³/mol. The summed E-state index contributed by atoms with van der Waals surface area (Å²) < 4.78 is 28.5. The van der Waals surface area contributed by atoms with Crippen molar-refractivity contribution in [3.63, 3.8) is 0 Å². The van der Waals surface area contributed by atoms with E-state index in [1.807, 2.05) is 0 Å². The van der Waals surface area contributed by atoms with Crippen LogP contribution in [0.25, 0.3) is 5.57 Å². The van der Waals surface area contributed by atoms with E-state index in [1.165, 1.54) is 18.2 Å². The molecule has 0 fully saturated rings. The molecule has 23 heavy (non-hydrogen) atoms. The molecule has 1 heterocycles. The summed E-state index contributed by atoms with van der Waals surface area (Å²) in [5, 5.41) is 3.06. The largest absolute Gasteiger partial charge is 0.325 e. The van der Waals surface area contributed by atoms with Crippen molar-refractivity contribution in [1.29, 1.82) is 0 Å². The zero-order valence-corrected chi connectivity index (χ0v) is 13.5. The molecule has 1 N–H and O–H groups in total. The molecule has 3 rings (SSSR count). The quantitative estimate of drug-likeness (QED) is 0.741. The zero-order chi connectivity index (χ0) is 16.7. The Bertz CT molecular complexity index is 828. The van der Waals surface area contributed by atoms with Crippen LogP contribution in [0.4, 0.5) is 14.5 Å². The summed E-state index contributed by atoms with van der Waals surface area (Å²) in [6.45, 7) is 1.63. The number of fused-ring (bicyclic) bond motifs is 1. The Balaban J connectivity index is 2.38. The number of nitrogens with one attached hydrogen (secondary N) is 1. The minimum atomic E-state index is -0.736. The van der Waals surface area contributed by atoms with Crippen molar-refractivity contribution in [3.05, 3.63) is 69.2 Å². The van der Waals surface area contributed by atoms with Gasteiger partial charge in [-0.1, -0.05) is 42.3 Å². The van der Waals surface area contributed by atoms with Gasteiger partial charge >= 0.3 is 0 Å². The van der Waals surface area contributed by atoms with E-state index in [4.69, 9.17) is 23.2 Å². The third-order valence-corrected chi connectivity index (χ3v) is 4.49. The minimum absolute atomic E-state index is 0.132. The maximum absolute atomic E-state index is 14.3. The molecule has 0 bridgehead atoms. The smallest absolute Gasteiger partial charge is 0.231 e. The summed E-state index contributed by atoms with van der Waals surface area (Å²) in [4.78, 5) is 12.1. The summed E-state index contributed by atoms with van der Waals surface area (Å²) in [7, 11) is 0. The molecule has 2 aromatic rings. The molecule has 1 aliphatic rings. The van der Waals surface area contributed by atoms with E-state index >= 15 is 0 Å². The van der Waals surface area contributed by atoms with Crippen LogP contribution in [0.3, 0.4) is 0 Å². The normalized spacial score (nSPS) is 17.2. The highest BCUT2D eigenvalue weighted by atomic mass is 35.5. The van der Waals surface area contributed by atoms with Crippen LogP contribution in [0, 0.1) is 17.6 Å². The second kappa shape index (κ2) is 5.95. The first-order valence-corrected chi connectivity index (χ1v) is 7.61. The van der Waals surface area contributed by atoms with Crippen molar-refractivity contribution in [3.8, 4) is 0 Å². The van der Waals surface area contributed by atoms with Crippen molar-refractivity contribution in [2.24, 2.45) is 5.92 Å². The Morgan fingerprint density at radius 3 is 2.35 bits per heavy atom. The summed E-state index contributed by atoms with van der Waals surface area (Å²) in [5.74, 6) is -2.36. The number of amides is 1. The van der Waals surface area contributed by atoms with Crippen molar-refractivity contribution in [2.75, 3.05) is 5.32 Å². The van der Waals surface area contributed by atoms with E-state index in [0.29, 0.717) is 11.3 Å². The standard InChI is InChI=1S/C17H11Cl2F2NO/c1-8-7-9(14-11(20)3-2-4-12(14)21)15-13(22-17(8)23)6-5-10(18)16(15)19/h2-8H,1H3,(H,22,23). The fourth-order valence-electron chi connectivity index (χ4n) is 2.54. The summed E-state index contributed by atoms with van der Waals surface area (Å²) in [6, 6.07) is 6.67. The third kappa shape index (κ3) is 2.73. The molecule has 118 valence electrons. The molecule has 0 spiro atoms. The first-order chi connectivity index (χ1) is 10.9. The predicted octanol–water partition coefficient (Wildman–Crippen LogP) is 5.29. The number of benzene rings is 2. The molecule has 2 nitrogen and oxygen atoms in total. The summed E-state index contributed by atoms with van der Waals surface area (Å²) >= 11 is 12.3. The highest BCUT2D eigenvalue weighted by Crippen LogP contribution is 2.42. The van der Waals surface area contributed by atoms with Gasteiger partial charge in [0.2, 0.25) is 5.91 Å². The highest BCUT2D eigenvalue weighted by molar-refractivity contribution is 6.43. The lowest BCUT2D eigenvalue weighted by atomic mass is 9.93. The SMILES string of the molecule is CC1C=C(c2c(F)cccc2F)c2c(ccc(Cl)c2Cl)NC1=O. The maximum atomic E-state index is 14.3. The van der Waals surface area contributed by atoms with Crippen LogP contribution in [-0.4, -0.2) is 5.91 Å². The number of anilines is 1. The lowest BCUT2D eigenvalue weighted by molar-refractivity contribution is -0.118. The topological polar surface area (TPSA) is 29.1 Å². The van der Waals surface area contributed by atoms with Crippen molar-refractivity contribution >= 4 is 40.4 Å². The first-order valence-electron chi connectivity index (χ1n) is 6.85. The minimum Gasteiger partial charge on any atom is -0.325 e. The van der Waals surface area contributed by atoms with Crippen LogP contribution >= 0.6 is 23.2 Å². The first kappa shape index (κ1) is 16.0. The van der Waals surface area contributed by atoms with Crippen LogP contribution in [0.5, 0.6) is 0 Å². The Hall–Kier alpha value is -1.91. The molecule has 0 saturated carbocycles. The van der Waals surface area contributed by atoms with Crippen LogP contribution in [0.2, 0.25) is 10.0 Å². The van der Waals surface area contributed by atoms with Gasteiger partial charge in [-0.3, -0.25) is 4.79 Å². The number of hydrogen-bond acceptors (Lipinski definition) is 1. The van der Waals surface area contributed by atoms with E-state index in [0.717, 1.165) is 12.1 Å². The monoisotopic (exact) mass is 353 g/mol. The van der Waals surface area contributed by atoms with E-state index in [2.05, 4.69) is 5.32 Å². The Morgan fingerprint density at radius 2 is 1.70 bits per heavy atom.